The largest absolute Gasteiger partial charge is 0.508 e. The molecule has 9 N–H and O–H groups in total. The van der Waals surface area contributed by atoms with E-state index < -0.39 is 96.1 Å². The van der Waals surface area contributed by atoms with E-state index in [9.17, 15) is 50.8 Å². The van der Waals surface area contributed by atoms with Crippen molar-refractivity contribution >= 4 is 11.0 Å². The van der Waals surface area contributed by atoms with Gasteiger partial charge in [0.05, 0.1) is 12.7 Å². The van der Waals surface area contributed by atoms with E-state index in [1.54, 1.807) is 0 Å². The monoisotopic (exact) mass is 594 g/mol. The van der Waals surface area contributed by atoms with Gasteiger partial charge in [-0.2, -0.15) is 0 Å². The Bertz CT molecular complexity index is 1470. The Morgan fingerprint density at radius 3 is 2.17 bits per heavy atom. The Hall–Kier alpha value is -3.51. The van der Waals surface area contributed by atoms with Crippen LogP contribution in [-0.2, 0) is 14.2 Å². The number of hydrogen-bond acceptors (Lipinski definition) is 15. The number of benzene rings is 2. The lowest BCUT2D eigenvalue weighted by atomic mass is 9.97. The predicted molar refractivity (Wildman–Crippen MR) is 139 cm³/mol. The molecule has 42 heavy (non-hydrogen) atoms. The number of aliphatic hydroxyl groups is 6. The van der Waals surface area contributed by atoms with Crippen molar-refractivity contribution in [2.75, 3.05) is 6.61 Å². The second-order valence-electron chi connectivity index (χ2n) is 10.1. The molecule has 0 aliphatic carbocycles. The highest BCUT2D eigenvalue weighted by Crippen LogP contribution is 2.38. The highest BCUT2D eigenvalue weighted by atomic mass is 16.8. The maximum Gasteiger partial charge on any atom is 0.239 e. The quantitative estimate of drug-likeness (QED) is 0.159. The lowest BCUT2D eigenvalue weighted by Crippen LogP contribution is -2.64. The zero-order valence-electron chi connectivity index (χ0n) is 21.9. The Kier molecular flexibility index (Phi) is 8.30. The normalized spacial score (nSPS) is 33.5. The van der Waals surface area contributed by atoms with Crippen molar-refractivity contribution < 1.29 is 69.3 Å². The molecule has 1 aromatic heterocycles. The standard InChI is InChI=1S/C27H30O15/c1-9-17(32)20(35)22(37)26(38-9)42-25-21(36)18(33)15(8-28)40-27(25)41-24-19(34)16-13(31)6-12(30)7-14(16)39-23(24)10-2-4-11(29)5-3-10/h2-7,9,15,17-18,20-22,25-33,35-37H,8H2,1H3/t9-,15+,17-,18+,20+,21-,22-,25-,26+,27+/m1/s1. The van der Waals surface area contributed by atoms with Gasteiger partial charge < -0.3 is 69.3 Å². The molecule has 0 amide bonds. The molecule has 2 aliphatic rings. The SMILES string of the molecule is C[C@H]1O[C@@H](O[C@H]2[C@H](Oc3c(-c4ccc(O)cc4)oc4cc(O)cc(O)c4c3=O)O[C@@H](CO)[C@H](O)[C@H]2O)[C@H](O)[C@@H](O)[C@@H]1O. The van der Waals surface area contributed by atoms with E-state index in [4.69, 9.17) is 23.4 Å². The molecule has 2 aliphatic heterocycles. The molecular formula is C27H30O15. The van der Waals surface area contributed by atoms with Gasteiger partial charge in [0.1, 0.15) is 64.8 Å². The van der Waals surface area contributed by atoms with Gasteiger partial charge >= 0.3 is 0 Å². The van der Waals surface area contributed by atoms with Crippen LogP contribution in [0.25, 0.3) is 22.3 Å². The van der Waals surface area contributed by atoms with Crippen LogP contribution in [0.3, 0.4) is 0 Å². The molecule has 3 aromatic rings. The average Bonchev–Trinajstić information content (AvgIpc) is 2.95. The molecule has 5 rings (SSSR count). The first-order valence-corrected chi connectivity index (χ1v) is 12.9. The third-order valence-electron chi connectivity index (χ3n) is 7.21. The van der Waals surface area contributed by atoms with Crippen molar-refractivity contribution in [2.24, 2.45) is 0 Å². The van der Waals surface area contributed by atoms with Crippen LogP contribution in [0, 0.1) is 0 Å². The van der Waals surface area contributed by atoms with Gasteiger partial charge in [-0.3, -0.25) is 4.79 Å². The predicted octanol–water partition coefficient (Wildman–Crippen LogP) is -1.39. The number of rotatable bonds is 6. The molecule has 228 valence electrons. The van der Waals surface area contributed by atoms with Crippen LogP contribution >= 0.6 is 0 Å². The van der Waals surface area contributed by atoms with Crippen LogP contribution in [0.5, 0.6) is 23.0 Å². The number of ether oxygens (including phenoxy) is 4. The molecule has 0 bridgehead atoms. The molecule has 0 spiro atoms. The van der Waals surface area contributed by atoms with Gasteiger partial charge in [0.25, 0.3) is 0 Å². The summed E-state index contributed by atoms with van der Waals surface area (Å²) in [5.41, 5.74) is -0.995. The number of aliphatic hydroxyl groups excluding tert-OH is 6. The Morgan fingerprint density at radius 2 is 1.50 bits per heavy atom. The summed E-state index contributed by atoms with van der Waals surface area (Å²) >= 11 is 0. The van der Waals surface area contributed by atoms with E-state index in [1.807, 2.05) is 0 Å². The molecule has 2 saturated heterocycles. The molecule has 15 nitrogen and oxygen atoms in total. The van der Waals surface area contributed by atoms with Gasteiger partial charge in [0.2, 0.25) is 17.5 Å². The molecule has 10 atom stereocenters. The number of aromatic hydroxyl groups is 3. The molecule has 2 aromatic carbocycles. The molecule has 0 saturated carbocycles. The Morgan fingerprint density at radius 1 is 0.810 bits per heavy atom. The molecular weight excluding hydrogens is 564 g/mol. The van der Waals surface area contributed by atoms with E-state index in [0.717, 1.165) is 12.1 Å². The minimum atomic E-state index is -1.87. The Balaban J connectivity index is 1.60. The summed E-state index contributed by atoms with van der Waals surface area (Å²) < 4.78 is 28.5. The molecule has 15 heteroatoms. The van der Waals surface area contributed by atoms with Crippen LogP contribution < -0.4 is 10.2 Å². The van der Waals surface area contributed by atoms with Crippen LogP contribution in [0.1, 0.15) is 6.92 Å². The summed E-state index contributed by atoms with van der Waals surface area (Å²) in [4.78, 5) is 13.7. The lowest BCUT2D eigenvalue weighted by Gasteiger charge is -2.45. The third kappa shape index (κ3) is 5.37. The first kappa shape index (κ1) is 30.0. The second-order valence-corrected chi connectivity index (χ2v) is 10.1. The van der Waals surface area contributed by atoms with E-state index in [1.165, 1.54) is 31.2 Å². The van der Waals surface area contributed by atoms with Crippen LogP contribution in [-0.4, -0.2) is 114 Å². The third-order valence-corrected chi connectivity index (χ3v) is 7.21. The van der Waals surface area contributed by atoms with E-state index in [0.29, 0.717) is 0 Å². The van der Waals surface area contributed by atoms with Crippen molar-refractivity contribution in [1.82, 2.24) is 0 Å². The highest BCUT2D eigenvalue weighted by molar-refractivity contribution is 5.88. The summed E-state index contributed by atoms with van der Waals surface area (Å²) in [7, 11) is 0. The van der Waals surface area contributed by atoms with E-state index >= 15 is 0 Å². The van der Waals surface area contributed by atoms with Gasteiger partial charge in [-0.05, 0) is 31.2 Å². The zero-order chi connectivity index (χ0) is 30.5. The fourth-order valence-corrected chi connectivity index (χ4v) is 4.87. The zero-order valence-corrected chi connectivity index (χ0v) is 21.9. The van der Waals surface area contributed by atoms with Crippen LogP contribution in [0.4, 0.5) is 0 Å². The molecule has 0 unspecified atom stereocenters. The highest BCUT2D eigenvalue weighted by Gasteiger charge is 2.51. The van der Waals surface area contributed by atoms with Gasteiger partial charge in [-0.25, -0.2) is 0 Å². The van der Waals surface area contributed by atoms with Crippen LogP contribution in [0.2, 0.25) is 0 Å². The number of hydrogen-bond donors (Lipinski definition) is 9. The topological polar surface area (TPSA) is 249 Å². The van der Waals surface area contributed by atoms with Gasteiger partial charge in [-0.15, -0.1) is 0 Å². The van der Waals surface area contributed by atoms with E-state index in [-0.39, 0.29) is 22.7 Å². The summed E-state index contributed by atoms with van der Waals surface area (Å²) in [5, 5.41) is 91.6. The Labute approximate surface area is 236 Å². The van der Waals surface area contributed by atoms with Crippen LogP contribution in [0.15, 0.2) is 45.6 Å². The summed E-state index contributed by atoms with van der Waals surface area (Å²) in [6, 6.07) is 7.31. The molecule has 3 heterocycles. The summed E-state index contributed by atoms with van der Waals surface area (Å²) in [5.74, 6) is -2.03. The minimum Gasteiger partial charge on any atom is -0.508 e. The molecule has 0 radical (unpaired) electrons. The lowest BCUT2D eigenvalue weighted by molar-refractivity contribution is -0.354. The van der Waals surface area contributed by atoms with Gasteiger partial charge in [-0.1, -0.05) is 0 Å². The fourth-order valence-electron chi connectivity index (χ4n) is 4.87. The second kappa shape index (κ2) is 11.6. The van der Waals surface area contributed by atoms with Crippen molar-refractivity contribution in [2.45, 2.75) is 68.3 Å². The maximum absolute atomic E-state index is 13.7. The summed E-state index contributed by atoms with van der Waals surface area (Å²) in [6.07, 6.45) is -16.3. The first-order valence-electron chi connectivity index (χ1n) is 12.9. The van der Waals surface area contributed by atoms with Crippen molar-refractivity contribution in [3.8, 4) is 34.3 Å². The first-order chi connectivity index (χ1) is 19.9. The fraction of sp³-hybridized carbons (Fsp3) is 0.444. The number of phenolic OH excluding ortho intramolecular Hbond substituents is 3. The van der Waals surface area contributed by atoms with E-state index in [2.05, 4.69) is 0 Å². The smallest absolute Gasteiger partial charge is 0.239 e. The van der Waals surface area contributed by atoms with Crippen molar-refractivity contribution in [3.63, 3.8) is 0 Å². The summed E-state index contributed by atoms with van der Waals surface area (Å²) in [6.45, 7) is 0.593. The minimum absolute atomic E-state index is 0.112. The van der Waals surface area contributed by atoms with Crippen molar-refractivity contribution in [3.05, 3.63) is 46.6 Å². The maximum atomic E-state index is 13.7. The number of phenols is 3. The van der Waals surface area contributed by atoms with Gasteiger partial charge in [0, 0.05) is 17.7 Å². The van der Waals surface area contributed by atoms with Crippen molar-refractivity contribution in [1.29, 1.82) is 0 Å². The number of fused-ring (bicyclic) bond motifs is 1. The molecule has 2 fully saturated rings. The average molecular weight is 595 g/mol. The van der Waals surface area contributed by atoms with Gasteiger partial charge in [0.15, 0.2) is 18.2 Å².